The van der Waals surface area contributed by atoms with Crippen LogP contribution in [0.5, 0.6) is 0 Å². The second-order valence-electron chi connectivity index (χ2n) is 12.0. The Morgan fingerprint density at radius 2 is 1.26 bits per heavy atom. The van der Waals surface area contributed by atoms with E-state index in [1.807, 2.05) is 12.4 Å². The van der Waals surface area contributed by atoms with Gasteiger partial charge in [-0.25, -0.2) is 4.98 Å². The second-order valence-corrected chi connectivity index (χ2v) is 13.0. The van der Waals surface area contributed by atoms with E-state index >= 15 is 0 Å². The maximum atomic E-state index is 4.96. The fourth-order valence-corrected chi connectivity index (χ4v) is 7.97. The van der Waals surface area contributed by atoms with Crippen LogP contribution in [0.25, 0.3) is 70.6 Å². The second kappa shape index (κ2) is 8.97. The number of rotatable bonds is 3. The number of pyridine rings is 2. The van der Waals surface area contributed by atoms with Crippen molar-refractivity contribution in [2.45, 2.75) is 19.3 Å². The molecule has 4 heterocycles. The molecule has 4 aromatic heterocycles. The summed E-state index contributed by atoms with van der Waals surface area (Å²) in [6, 6.07) is 39.8. The molecule has 3 nitrogen and oxygen atoms in total. The Labute approximate surface area is 253 Å². The van der Waals surface area contributed by atoms with Gasteiger partial charge in [0.15, 0.2) is 0 Å². The Kier molecular flexibility index (Phi) is 5.12. The number of nitrogens with zero attached hydrogens (tertiary/aromatic N) is 3. The number of imidazole rings is 1. The molecule has 0 spiro atoms. The van der Waals surface area contributed by atoms with E-state index in [0.29, 0.717) is 0 Å². The van der Waals surface area contributed by atoms with Gasteiger partial charge in [-0.3, -0.25) is 9.38 Å². The zero-order valence-corrected chi connectivity index (χ0v) is 24.7. The molecule has 0 aliphatic heterocycles. The Balaban J connectivity index is 1.11. The van der Waals surface area contributed by atoms with Crippen LogP contribution in [0.2, 0.25) is 0 Å². The normalized spacial score (nSPS) is 13.5. The van der Waals surface area contributed by atoms with Crippen molar-refractivity contribution in [1.82, 2.24) is 14.4 Å². The first-order valence-electron chi connectivity index (χ1n) is 14.6. The molecule has 8 aromatic rings. The molecule has 1 aliphatic rings. The van der Waals surface area contributed by atoms with Crippen LogP contribution in [0, 0.1) is 0 Å². The zero-order valence-electron chi connectivity index (χ0n) is 23.9. The van der Waals surface area contributed by atoms with E-state index in [4.69, 9.17) is 4.98 Å². The summed E-state index contributed by atoms with van der Waals surface area (Å²) in [7, 11) is 0. The van der Waals surface area contributed by atoms with Crippen LogP contribution in [0.15, 0.2) is 128 Å². The molecule has 0 atom stereocenters. The Hall–Kier alpha value is -5.06. The van der Waals surface area contributed by atoms with Crippen molar-refractivity contribution in [3.8, 4) is 44.5 Å². The Bertz CT molecular complexity index is 2380. The first-order chi connectivity index (χ1) is 21.0. The molecule has 0 N–H and O–H groups in total. The summed E-state index contributed by atoms with van der Waals surface area (Å²) in [5.74, 6) is 0. The van der Waals surface area contributed by atoms with Crippen molar-refractivity contribution in [2.24, 2.45) is 0 Å². The standard InChI is InChI=1S/C39H27N3S/c1-39(2)33-21-27(24-16-18-40-19-17-24)10-13-30(33)31-14-11-28(22-34(31)39)25-6-5-7-26(20-25)29-12-15-36-41-37-32-8-3-4-9-35(32)43-38(37)42(36)23-29/h3-23H,1-2H3. The number of aromatic nitrogens is 3. The topological polar surface area (TPSA) is 30.2 Å². The lowest BCUT2D eigenvalue weighted by Crippen LogP contribution is -2.15. The van der Waals surface area contributed by atoms with Gasteiger partial charge in [0.25, 0.3) is 0 Å². The minimum absolute atomic E-state index is 0.0938. The predicted molar refractivity (Wildman–Crippen MR) is 180 cm³/mol. The summed E-state index contributed by atoms with van der Waals surface area (Å²) in [5.41, 5.74) is 14.7. The van der Waals surface area contributed by atoms with Crippen LogP contribution in [-0.4, -0.2) is 14.4 Å². The van der Waals surface area contributed by atoms with Crippen LogP contribution < -0.4 is 0 Å². The molecule has 0 fully saturated rings. The average molecular weight is 570 g/mol. The fraction of sp³-hybridized carbons (Fsp3) is 0.0769. The summed E-state index contributed by atoms with van der Waals surface area (Å²) in [6.07, 6.45) is 5.96. The molecule has 204 valence electrons. The third-order valence-electron chi connectivity index (χ3n) is 9.14. The highest BCUT2D eigenvalue weighted by Crippen LogP contribution is 2.50. The van der Waals surface area contributed by atoms with Gasteiger partial charge in [-0.2, -0.15) is 0 Å². The van der Waals surface area contributed by atoms with Crippen LogP contribution in [0.4, 0.5) is 0 Å². The van der Waals surface area contributed by atoms with Gasteiger partial charge in [0.05, 0.1) is 0 Å². The van der Waals surface area contributed by atoms with Gasteiger partial charge in [-0.15, -0.1) is 11.3 Å². The maximum Gasteiger partial charge on any atom is 0.138 e. The van der Waals surface area contributed by atoms with Gasteiger partial charge in [-0.1, -0.05) is 74.5 Å². The van der Waals surface area contributed by atoms with Crippen LogP contribution in [-0.2, 0) is 5.41 Å². The number of hydrogen-bond donors (Lipinski definition) is 0. The lowest BCUT2D eigenvalue weighted by Gasteiger charge is -2.22. The highest BCUT2D eigenvalue weighted by Gasteiger charge is 2.35. The number of fused-ring (bicyclic) bond motifs is 8. The van der Waals surface area contributed by atoms with Gasteiger partial charge in [0, 0.05) is 34.1 Å². The van der Waals surface area contributed by atoms with Gasteiger partial charge in [0.2, 0.25) is 0 Å². The van der Waals surface area contributed by atoms with E-state index in [1.54, 1.807) is 11.3 Å². The number of benzene rings is 4. The monoisotopic (exact) mass is 569 g/mol. The fourth-order valence-electron chi connectivity index (χ4n) is 6.84. The smallest absolute Gasteiger partial charge is 0.138 e. The first kappa shape index (κ1) is 24.5. The minimum atomic E-state index is -0.0938. The van der Waals surface area contributed by atoms with Crippen molar-refractivity contribution < 1.29 is 0 Å². The summed E-state index contributed by atoms with van der Waals surface area (Å²) < 4.78 is 3.52. The van der Waals surface area contributed by atoms with Crippen LogP contribution in [0.1, 0.15) is 25.0 Å². The molecule has 0 saturated carbocycles. The summed E-state index contributed by atoms with van der Waals surface area (Å²) in [4.78, 5) is 10.4. The van der Waals surface area contributed by atoms with E-state index in [2.05, 4.69) is 139 Å². The van der Waals surface area contributed by atoms with Crippen molar-refractivity contribution in [2.75, 3.05) is 0 Å². The van der Waals surface area contributed by atoms with Crippen molar-refractivity contribution in [3.63, 3.8) is 0 Å². The molecule has 0 bridgehead atoms. The molecule has 0 unspecified atom stereocenters. The highest BCUT2D eigenvalue weighted by atomic mass is 32.1. The lowest BCUT2D eigenvalue weighted by molar-refractivity contribution is 0.661. The molecule has 43 heavy (non-hydrogen) atoms. The minimum Gasteiger partial charge on any atom is -0.290 e. The van der Waals surface area contributed by atoms with Gasteiger partial charge < -0.3 is 0 Å². The Morgan fingerprint density at radius 3 is 2.02 bits per heavy atom. The van der Waals surface area contributed by atoms with E-state index < -0.39 is 0 Å². The predicted octanol–water partition coefficient (Wildman–Crippen LogP) is 10.4. The van der Waals surface area contributed by atoms with Gasteiger partial charge in [-0.05, 0) is 104 Å². The summed E-state index contributed by atoms with van der Waals surface area (Å²) in [6.45, 7) is 4.70. The van der Waals surface area contributed by atoms with Crippen LogP contribution >= 0.6 is 11.3 Å². The average Bonchev–Trinajstić information content (AvgIpc) is 3.67. The van der Waals surface area contributed by atoms with Gasteiger partial charge >= 0.3 is 0 Å². The van der Waals surface area contributed by atoms with E-state index in [0.717, 1.165) is 11.2 Å². The highest BCUT2D eigenvalue weighted by molar-refractivity contribution is 7.25. The molecular weight excluding hydrogens is 543 g/mol. The lowest BCUT2D eigenvalue weighted by atomic mass is 9.81. The zero-order chi connectivity index (χ0) is 28.7. The van der Waals surface area contributed by atoms with E-state index in [9.17, 15) is 0 Å². The quantitative estimate of drug-likeness (QED) is 0.212. The maximum absolute atomic E-state index is 4.96. The SMILES string of the molecule is CC1(C)c2cc(-c3ccncc3)ccc2-c2ccc(-c3cccc(-c4ccc5nc6c7ccccc7sc6n5c4)c3)cc21. The van der Waals surface area contributed by atoms with E-state index in [-0.39, 0.29) is 5.41 Å². The summed E-state index contributed by atoms with van der Waals surface area (Å²) >= 11 is 1.80. The molecule has 9 rings (SSSR count). The Morgan fingerprint density at radius 1 is 0.605 bits per heavy atom. The molecule has 4 heteroatoms. The first-order valence-corrected chi connectivity index (χ1v) is 15.5. The van der Waals surface area contributed by atoms with Gasteiger partial charge in [0.1, 0.15) is 16.0 Å². The summed E-state index contributed by atoms with van der Waals surface area (Å²) in [5, 5.41) is 1.23. The van der Waals surface area contributed by atoms with Crippen molar-refractivity contribution >= 4 is 37.4 Å². The molecule has 0 saturated heterocycles. The van der Waals surface area contributed by atoms with E-state index in [1.165, 1.54) is 70.6 Å². The third kappa shape index (κ3) is 3.66. The largest absolute Gasteiger partial charge is 0.290 e. The molecule has 0 radical (unpaired) electrons. The molecular formula is C39H27N3S. The van der Waals surface area contributed by atoms with Crippen molar-refractivity contribution in [1.29, 1.82) is 0 Å². The van der Waals surface area contributed by atoms with Crippen LogP contribution in [0.3, 0.4) is 0 Å². The van der Waals surface area contributed by atoms with Crippen molar-refractivity contribution in [3.05, 3.63) is 139 Å². The molecule has 1 aliphatic carbocycles. The number of hydrogen-bond acceptors (Lipinski definition) is 3. The molecule has 0 amide bonds. The number of thiophene rings is 1. The molecule has 4 aromatic carbocycles. The third-order valence-corrected chi connectivity index (χ3v) is 10.3.